The van der Waals surface area contributed by atoms with E-state index in [2.05, 4.69) is 10.1 Å². The van der Waals surface area contributed by atoms with Gasteiger partial charge in [0, 0.05) is 25.9 Å². The van der Waals surface area contributed by atoms with Crippen LogP contribution in [0, 0.1) is 0 Å². The summed E-state index contributed by atoms with van der Waals surface area (Å²) < 4.78 is 1.51. The van der Waals surface area contributed by atoms with Gasteiger partial charge in [-0.15, -0.1) is 0 Å². The van der Waals surface area contributed by atoms with E-state index in [1.54, 1.807) is 19.4 Å². The SMILES string of the molecule is Cn1ncc(Cl)c1C(=O)CCc1cccnc1. The maximum Gasteiger partial charge on any atom is 0.182 e. The van der Waals surface area contributed by atoms with Crippen LogP contribution in [0.5, 0.6) is 0 Å². The van der Waals surface area contributed by atoms with E-state index in [-0.39, 0.29) is 5.78 Å². The Bertz CT molecular complexity index is 502. The summed E-state index contributed by atoms with van der Waals surface area (Å²) in [6.45, 7) is 0. The summed E-state index contributed by atoms with van der Waals surface area (Å²) in [5.41, 5.74) is 1.51. The number of rotatable bonds is 4. The highest BCUT2D eigenvalue weighted by molar-refractivity contribution is 6.33. The number of ketones is 1. The Hall–Kier alpha value is -1.68. The van der Waals surface area contributed by atoms with Gasteiger partial charge in [0.2, 0.25) is 0 Å². The third kappa shape index (κ3) is 2.71. The van der Waals surface area contributed by atoms with Crippen LogP contribution in [0.15, 0.2) is 30.7 Å². The van der Waals surface area contributed by atoms with Gasteiger partial charge in [0.05, 0.1) is 11.2 Å². The Balaban J connectivity index is 2.04. The van der Waals surface area contributed by atoms with Crippen molar-refractivity contribution in [1.82, 2.24) is 14.8 Å². The summed E-state index contributed by atoms with van der Waals surface area (Å²) in [6, 6.07) is 3.81. The molecule has 2 heterocycles. The van der Waals surface area contributed by atoms with E-state index in [1.165, 1.54) is 10.9 Å². The molecule has 4 nitrogen and oxygen atoms in total. The fourth-order valence-electron chi connectivity index (χ4n) is 1.65. The van der Waals surface area contributed by atoms with Crippen LogP contribution < -0.4 is 0 Å². The van der Waals surface area contributed by atoms with Gasteiger partial charge in [0.25, 0.3) is 0 Å². The van der Waals surface area contributed by atoms with Gasteiger partial charge < -0.3 is 0 Å². The van der Waals surface area contributed by atoms with Crippen molar-refractivity contribution in [2.45, 2.75) is 12.8 Å². The van der Waals surface area contributed by atoms with Crippen LogP contribution in [-0.2, 0) is 13.5 Å². The molecule has 0 spiro atoms. The Kier molecular flexibility index (Phi) is 3.54. The molecule has 5 heteroatoms. The molecule has 0 amide bonds. The van der Waals surface area contributed by atoms with Crippen LogP contribution in [0.25, 0.3) is 0 Å². The van der Waals surface area contributed by atoms with Crippen LogP contribution in [0.2, 0.25) is 5.02 Å². The maximum absolute atomic E-state index is 12.0. The highest BCUT2D eigenvalue weighted by Crippen LogP contribution is 2.16. The van der Waals surface area contributed by atoms with E-state index in [1.807, 2.05) is 12.1 Å². The zero-order chi connectivity index (χ0) is 12.3. The number of Topliss-reactive ketones (excluding diaryl/α,β-unsaturated/α-hetero) is 1. The summed E-state index contributed by atoms with van der Waals surface area (Å²) >= 11 is 5.91. The molecule has 2 aromatic heterocycles. The number of pyridine rings is 1. The minimum atomic E-state index is -0.00106. The number of halogens is 1. The first kappa shape index (κ1) is 11.8. The van der Waals surface area contributed by atoms with Gasteiger partial charge in [-0.05, 0) is 18.1 Å². The van der Waals surface area contributed by atoms with E-state index < -0.39 is 0 Å². The second-order valence-electron chi connectivity index (χ2n) is 3.75. The standard InChI is InChI=1S/C12H12ClN3O/c1-16-12(10(13)8-15-16)11(17)5-4-9-3-2-6-14-7-9/h2-3,6-8H,4-5H2,1H3. The zero-order valence-corrected chi connectivity index (χ0v) is 10.2. The molecule has 0 atom stereocenters. The summed E-state index contributed by atoms with van der Waals surface area (Å²) in [5.74, 6) is -0.00106. The first-order chi connectivity index (χ1) is 8.18. The van der Waals surface area contributed by atoms with Crippen molar-refractivity contribution in [2.75, 3.05) is 0 Å². The predicted molar refractivity (Wildman–Crippen MR) is 65.1 cm³/mol. The minimum absolute atomic E-state index is 0.00106. The molecule has 0 fully saturated rings. The van der Waals surface area contributed by atoms with Crippen LogP contribution in [0.3, 0.4) is 0 Å². The van der Waals surface area contributed by atoms with Crippen LogP contribution >= 0.6 is 11.6 Å². The lowest BCUT2D eigenvalue weighted by molar-refractivity contribution is 0.0974. The van der Waals surface area contributed by atoms with E-state index in [0.717, 1.165) is 5.56 Å². The van der Waals surface area contributed by atoms with Gasteiger partial charge in [0.15, 0.2) is 5.78 Å². The number of hydrogen-bond donors (Lipinski definition) is 0. The van der Waals surface area contributed by atoms with Crippen molar-refractivity contribution in [2.24, 2.45) is 7.05 Å². The number of nitrogens with zero attached hydrogens (tertiary/aromatic N) is 3. The molecule has 0 aliphatic carbocycles. The number of aryl methyl sites for hydroxylation is 2. The molecule has 0 bridgehead atoms. The van der Waals surface area contributed by atoms with Gasteiger partial charge in [-0.3, -0.25) is 14.5 Å². The van der Waals surface area contributed by atoms with Crippen molar-refractivity contribution in [3.05, 3.63) is 47.0 Å². The predicted octanol–water partition coefficient (Wildman–Crippen LogP) is 2.28. The molecule has 0 unspecified atom stereocenters. The second kappa shape index (κ2) is 5.10. The molecular formula is C12H12ClN3O. The smallest absolute Gasteiger partial charge is 0.182 e. The lowest BCUT2D eigenvalue weighted by atomic mass is 10.1. The molecule has 2 rings (SSSR count). The zero-order valence-electron chi connectivity index (χ0n) is 9.43. The molecule has 88 valence electrons. The molecule has 0 aliphatic heterocycles. The lowest BCUT2D eigenvalue weighted by Crippen LogP contribution is -2.08. The van der Waals surface area contributed by atoms with Crippen LogP contribution in [0.1, 0.15) is 22.5 Å². The normalized spacial score (nSPS) is 10.5. The van der Waals surface area contributed by atoms with Crippen LogP contribution in [0.4, 0.5) is 0 Å². The highest BCUT2D eigenvalue weighted by Gasteiger charge is 2.15. The summed E-state index contributed by atoms with van der Waals surface area (Å²) in [5, 5.41) is 4.35. The monoisotopic (exact) mass is 249 g/mol. The molecule has 0 saturated heterocycles. The molecule has 0 aliphatic rings. The van der Waals surface area contributed by atoms with Crippen molar-refractivity contribution in [1.29, 1.82) is 0 Å². The molecule has 0 aromatic carbocycles. The van der Waals surface area contributed by atoms with E-state index in [9.17, 15) is 4.79 Å². The van der Waals surface area contributed by atoms with E-state index >= 15 is 0 Å². The maximum atomic E-state index is 12.0. The fraction of sp³-hybridized carbons (Fsp3) is 0.250. The molecule has 17 heavy (non-hydrogen) atoms. The Morgan fingerprint density at radius 2 is 2.29 bits per heavy atom. The second-order valence-corrected chi connectivity index (χ2v) is 4.16. The Morgan fingerprint density at radius 3 is 2.88 bits per heavy atom. The number of hydrogen-bond acceptors (Lipinski definition) is 3. The van der Waals surface area contributed by atoms with Crippen molar-refractivity contribution in [3.63, 3.8) is 0 Å². The quantitative estimate of drug-likeness (QED) is 0.781. The van der Waals surface area contributed by atoms with Gasteiger partial charge in [-0.2, -0.15) is 5.10 Å². The first-order valence-electron chi connectivity index (χ1n) is 5.28. The topological polar surface area (TPSA) is 47.8 Å². The number of carbonyl (C=O) groups is 1. The summed E-state index contributed by atoms with van der Waals surface area (Å²) in [6.07, 6.45) is 6.03. The minimum Gasteiger partial charge on any atom is -0.292 e. The van der Waals surface area contributed by atoms with Crippen molar-refractivity contribution >= 4 is 17.4 Å². The van der Waals surface area contributed by atoms with Gasteiger partial charge in [0.1, 0.15) is 5.69 Å². The first-order valence-corrected chi connectivity index (χ1v) is 5.66. The lowest BCUT2D eigenvalue weighted by Gasteiger charge is -2.02. The summed E-state index contributed by atoms with van der Waals surface area (Å²) in [4.78, 5) is 16.0. The van der Waals surface area contributed by atoms with Gasteiger partial charge in [-0.25, -0.2) is 0 Å². The molecule has 0 radical (unpaired) electrons. The van der Waals surface area contributed by atoms with Crippen LogP contribution in [-0.4, -0.2) is 20.5 Å². The fourth-order valence-corrected chi connectivity index (χ4v) is 1.92. The third-order valence-electron chi connectivity index (χ3n) is 2.52. The number of carbonyl (C=O) groups excluding carboxylic acids is 1. The third-order valence-corrected chi connectivity index (χ3v) is 2.80. The van der Waals surface area contributed by atoms with Gasteiger partial charge >= 0.3 is 0 Å². The summed E-state index contributed by atoms with van der Waals surface area (Å²) in [7, 11) is 1.71. The molecule has 2 aromatic rings. The van der Waals surface area contributed by atoms with E-state index in [0.29, 0.717) is 23.6 Å². The molecular weight excluding hydrogens is 238 g/mol. The van der Waals surface area contributed by atoms with Crippen molar-refractivity contribution in [3.8, 4) is 0 Å². The highest BCUT2D eigenvalue weighted by atomic mass is 35.5. The average molecular weight is 250 g/mol. The number of aromatic nitrogens is 3. The largest absolute Gasteiger partial charge is 0.292 e. The Labute approximate surface area is 104 Å². The molecule has 0 saturated carbocycles. The van der Waals surface area contributed by atoms with Crippen molar-refractivity contribution < 1.29 is 4.79 Å². The van der Waals surface area contributed by atoms with Gasteiger partial charge in [-0.1, -0.05) is 17.7 Å². The average Bonchev–Trinajstić information content (AvgIpc) is 2.67. The van der Waals surface area contributed by atoms with E-state index in [4.69, 9.17) is 11.6 Å². The molecule has 0 N–H and O–H groups in total. The Morgan fingerprint density at radius 1 is 1.47 bits per heavy atom.